The fraction of sp³-hybridized carbons (Fsp3) is 0.333. The van der Waals surface area contributed by atoms with E-state index in [0.717, 1.165) is 11.1 Å². The number of hydrogen-bond acceptors (Lipinski definition) is 7. The van der Waals surface area contributed by atoms with Crippen LogP contribution in [0.25, 0.3) is 0 Å². The van der Waals surface area contributed by atoms with E-state index in [4.69, 9.17) is 88.6 Å². The number of rotatable bonds is 4. The van der Waals surface area contributed by atoms with Crippen molar-refractivity contribution in [2.45, 2.75) is 26.7 Å². The number of hydrogen-bond donors (Lipinski definition) is 0. The van der Waals surface area contributed by atoms with Crippen LogP contribution in [-0.4, -0.2) is 43.9 Å². The molecule has 3 aliphatic rings. The van der Waals surface area contributed by atoms with Crippen LogP contribution in [0.2, 0.25) is 0 Å². The number of alkyl halides is 6. The first-order valence-corrected chi connectivity index (χ1v) is 12.2. The Hall–Kier alpha value is -1.48. The molecule has 1 unspecified atom stereocenters. The predicted molar refractivity (Wildman–Crippen MR) is 134 cm³/mol. The zero-order valence-electron chi connectivity index (χ0n) is 17.1. The van der Waals surface area contributed by atoms with Crippen molar-refractivity contribution in [3.05, 3.63) is 47.5 Å². The first-order valence-electron chi connectivity index (χ1n) is 9.92. The van der Waals surface area contributed by atoms with Crippen molar-refractivity contribution >= 4 is 81.3 Å². The maximum absolute atomic E-state index is 6.32. The van der Waals surface area contributed by atoms with Crippen LogP contribution < -0.4 is 18.9 Å². The van der Waals surface area contributed by atoms with E-state index in [-0.39, 0.29) is 31.8 Å². The van der Waals surface area contributed by atoms with E-state index in [2.05, 4.69) is 9.98 Å². The molecule has 3 aliphatic heterocycles. The lowest BCUT2D eigenvalue weighted by molar-refractivity contribution is 0.173. The second kappa shape index (κ2) is 9.19. The monoisotopic (exact) mass is 583 g/mol. The molecule has 5 rings (SSSR count). The highest BCUT2D eigenvalue weighted by atomic mass is 35.6. The van der Waals surface area contributed by atoms with Crippen LogP contribution in [0.3, 0.4) is 0 Å². The van der Waals surface area contributed by atoms with Gasteiger partial charge in [0.05, 0.1) is 0 Å². The Balaban J connectivity index is 1.52. The van der Waals surface area contributed by atoms with E-state index in [1.165, 1.54) is 0 Å². The molecule has 0 N–H and O–H groups in total. The number of amidine groups is 2. The van der Waals surface area contributed by atoms with Gasteiger partial charge >= 0.3 is 0 Å². The molecule has 2 aromatic rings. The standard InChI is InChI=1S/C21H15Cl6N3O4/c22-20(23,24)18-28-17(7-11-1-3-13-15(5-11)33-9-31-13)30(19(29-18)21(25,26)27)8-12-2-4-14-16(6-12)34-10-32-14/h1-6,17H,7-10H2. The van der Waals surface area contributed by atoms with Gasteiger partial charge in [0, 0.05) is 13.0 Å². The number of benzene rings is 2. The molecule has 2 aromatic carbocycles. The topological polar surface area (TPSA) is 64.9 Å². The Morgan fingerprint density at radius 3 is 1.91 bits per heavy atom. The summed E-state index contributed by atoms with van der Waals surface area (Å²) in [7, 11) is 0. The second-order valence-electron chi connectivity index (χ2n) is 7.57. The van der Waals surface area contributed by atoms with Crippen molar-refractivity contribution in [2.24, 2.45) is 9.98 Å². The predicted octanol–water partition coefficient (Wildman–Crippen LogP) is 6.07. The van der Waals surface area contributed by atoms with Crippen molar-refractivity contribution in [1.29, 1.82) is 0 Å². The van der Waals surface area contributed by atoms with Gasteiger partial charge in [-0.15, -0.1) is 0 Å². The maximum atomic E-state index is 6.32. The van der Waals surface area contributed by atoms with Crippen molar-refractivity contribution in [3.63, 3.8) is 0 Å². The molecular formula is C21H15Cl6N3O4. The lowest BCUT2D eigenvalue weighted by Gasteiger charge is -2.38. The first kappa shape index (κ1) is 24.2. The molecule has 34 heavy (non-hydrogen) atoms. The Labute approximate surface area is 225 Å². The molecule has 0 saturated carbocycles. The minimum atomic E-state index is -1.92. The van der Waals surface area contributed by atoms with E-state index >= 15 is 0 Å². The first-order chi connectivity index (χ1) is 16.1. The zero-order chi connectivity index (χ0) is 24.1. The summed E-state index contributed by atoms with van der Waals surface area (Å²) in [4.78, 5) is 10.7. The summed E-state index contributed by atoms with van der Waals surface area (Å²) in [6.07, 6.45) is -0.231. The van der Waals surface area contributed by atoms with Gasteiger partial charge in [-0.25, -0.2) is 9.98 Å². The quantitative estimate of drug-likeness (QED) is 0.408. The van der Waals surface area contributed by atoms with E-state index in [1.807, 2.05) is 36.4 Å². The summed E-state index contributed by atoms with van der Waals surface area (Å²) in [5.74, 6) is 2.59. The fourth-order valence-corrected chi connectivity index (χ4v) is 4.48. The average Bonchev–Trinajstić information content (AvgIpc) is 3.41. The lowest BCUT2D eigenvalue weighted by atomic mass is 10.1. The van der Waals surface area contributed by atoms with Gasteiger partial charge in [0.15, 0.2) is 34.7 Å². The molecule has 0 aromatic heterocycles. The highest BCUT2D eigenvalue weighted by molar-refractivity contribution is 6.79. The van der Waals surface area contributed by atoms with Crippen molar-refractivity contribution in [2.75, 3.05) is 13.6 Å². The maximum Gasteiger partial charge on any atom is 0.249 e. The van der Waals surface area contributed by atoms with E-state index in [1.54, 1.807) is 4.90 Å². The molecule has 0 spiro atoms. The molecule has 0 bridgehead atoms. The molecule has 3 heterocycles. The molecule has 0 saturated heterocycles. The van der Waals surface area contributed by atoms with Gasteiger partial charge in [-0.3, -0.25) is 0 Å². The summed E-state index contributed by atoms with van der Waals surface area (Å²) in [5, 5.41) is 0. The molecule has 1 atom stereocenters. The number of nitrogens with zero attached hydrogens (tertiary/aromatic N) is 3. The van der Waals surface area contributed by atoms with Crippen LogP contribution >= 0.6 is 69.6 Å². The van der Waals surface area contributed by atoms with Crippen molar-refractivity contribution < 1.29 is 18.9 Å². The number of halogens is 6. The van der Waals surface area contributed by atoms with Gasteiger partial charge in [-0.05, 0) is 35.4 Å². The van der Waals surface area contributed by atoms with Crippen LogP contribution in [0.1, 0.15) is 11.1 Å². The average molecular weight is 586 g/mol. The molecule has 13 heteroatoms. The third-order valence-electron chi connectivity index (χ3n) is 5.27. The highest BCUT2D eigenvalue weighted by Gasteiger charge is 2.42. The highest BCUT2D eigenvalue weighted by Crippen LogP contribution is 2.40. The zero-order valence-corrected chi connectivity index (χ0v) is 21.6. The fourth-order valence-electron chi connectivity index (χ4n) is 3.76. The van der Waals surface area contributed by atoms with Crippen LogP contribution in [0, 0.1) is 0 Å². The van der Waals surface area contributed by atoms with Gasteiger partial charge in [0.2, 0.25) is 21.2 Å². The Morgan fingerprint density at radius 2 is 1.32 bits per heavy atom. The molecule has 0 aliphatic carbocycles. The molecule has 0 radical (unpaired) electrons. The summed E-state index contributed by atoms with van der Waals surface area (Å²) in [6.45, 7) is 0.611. The Morgan fingerprint density at radius 1 is 0.765 bits per heavy atom. The van der Waals surface area contributed by atoms with Crippen molar-refractivity contribution in [3.8, 4) is 23.0 Å². The minimum absolute atomic E-state index is 0.0773. The van der Waals surface area contributed by atoms with Crippen molar-refractivity contribution in [1.82, 2.24) is 4.90 Å². The van der Waals surface area contributed by atoms with E-state index in [0.29, 0.717) is 29.4 Å². The van der Waals surface area contributed by atoms with Crippen LogP contribution in [0.5, 0.6) is 23.0 Å². The summed E-state index contributed by atoms with van der Waals surface area (Å²) in [5.41, 5.74) is 1.75. The number of aliphatic imine (C=N–C) groups is 2. The second-order valence-corrected chi connectivity index (χ2v) is 12.1. The third-order valence-corrected chi connectivity index (χ3v) is 6.28. The van der Waals surface area contributed by atoms with Crippen LogP contribution in [0.15, 0.2) is 46.4 Å². The largest absolute Gasteiger partial charge is 0.454 e. The Bertz CT molecular complexity index is 1180. The summed E-state index contributed by atoms with van der Waals surface area (Å²) >= 11 is 37.3. The molecular weight excluding hydrogens is 571 g/mol. The van der Waals surface area contributed by atoms with Gasteiger partial charge in [0.1, 0.15) is 6.17 Å². The normalized spacial score (nSPS) is 19.2. The van der Waals surface area contributed by atoms with Gasteiger partial charge in [-0.2, -0.15) is 0 Å². The number of ether oxygens (including phenoxy) is 4. The van der Waals surface area contributed by atoms with Crippen LogP contribution in [0.4, 0.5) is 0 Å². The summed E-state index contributed by atoms with van der Waals surface area (Å²) in [6, 6.07) is 11.1. The number of fused-ring (bicyclic) bond motifs is 2. The molecule has 180 valence electrons. The molecule has 0 fully saturated rings. The Kier molecular flexibility index (Phi) is 6.55. The minimum Gasteiger partial charge on any atom is -0.454 e. The third kappa shape index (κ3) is 5.06. The molecule has 7 nitrogen and oxygen atoms in total. The van der Waals surface area contributed by atoms with Gasteiger partial charge < -0.3 is 23.8 Å². The lowest BCUT2D eigenvalue weighted by Crippen LogP contribution is -2.50. The SMILES string of the molecule is ClC(Cl)(Cl)C1=NC(Cc2ccc3c(c2)OCO3)N(Cc2ccc3c(c2)OCO3)C(C(Cl)(Cl)Cl)=N1. The molecule has 0 amide bonds. The van der Waals surface area contributed by atoms with Crippen LogP contribution in [-0.2, 0) is 13.0 Å². The smallest absolute Gasteiger partial charge is 0.249 e. The van der Waals surface area contributed by atoms with Gasteiger partial charge in [0.25, 0.3) is 0 Å². The van der Waals surface area contributed by atoms with Gasteiger partial charge in [-0.1, -0.05) is 81.7 Å². The van der Waals surface area contributed by atoms with E-state index in [9.17, 15) is 0 Å². The summed E-state index contributed by atoms with van der Waals surface area (Å²) < 4.78 is 18.0. The van der Waals surface area contributed by atoms with E-state index < -0.39 is 13.8 Å².